The molecule has 3 heterocycles. The molecule has 4 amide bonds. The second-order valence-corrected chi connectivity index (χ2v) is 13.0. The van der Waals surface area contributed by atoms with E-state index in [-0.39, 0.29) is 42.4 Å². The van der Waals surface area contributed by atoms with Crippen molar-refractivity contribution < 1.29 is 23.9 Å². The van der Waals surface area contributed by atoms with Crippen LogP contribution in [0.3, 0.4) is 0 Å². The Morgan fingerprint density at radius 2 is 1.83 bits per heavy atom. The molecule has 0 spiro atoms. The number of hydrogen-bond donors (Lipinski definition) is 1. The lowest BCUT2D eigenvalue weighted by atomic mass is 10.0. The van der Waals surface area contributed by atoms with Crippen LogP contribution in [-0.2, 0) is 14.3 Å². The summed E-state index contributed by atoms with van der Waals surface area (Å²) < 4.78 is 5.45. The first kappa shape index (κ1) is 28.9. The molecule has 3 aliphatic heterocycles. The fourth-order valence-corrected chi connectivity index (χ4v) is 6.66. The SMILES string of the molecule is C[C@@H](c1ccc(C(=O)N(C)C)cc1)N1C(=O)C2C[C@H]1CN2CC(NC(=O)OC(C)(C)C)C(=O)N1C(C#N)CC2CC21. The maximum Gasteiger partial charge on any atom is 0.408 e. The number of likely N-dealkylation sites (tertiary alicyclic amines) is 3. The van der Waals surface area contributed by atoms with E-state index >= 15 is 0 Å². The zero-order valence-corrected chi connectivity index (χ0v) is 24.7. The van der Waals surface area contributed by atoms with E-state index in [4.69, 9.17) is 4.74 Å². The summed E-state index contributed by atoms with van der Waals surface area (Å²) in [5.41, 5.74) is 0.802. The van der Waals surface area contributed by atoms with Crippen LogP contribution in [0.1, 0.15) is 68.9 Å². The highest BCUT2D eigenvalue weighted by atomic mass is 16.6. The van der Waals surface area contributed by atoms with Gasteiger partial charge in [-0.2, -0.15) is 5.26 Å². The van der Waals surface area contributed by atoms with E-state index in [0.717, 1.165) is 12.0 Å². The van der Waals surface area contributed by atoms with E-state index in [1.54, 1.807) is 51.9 Å². The van der Waals surface area contributed by atoms with Crippen molar-refractivity contribution in [3.05, 3.63) is 35.4 Å². The first-order valence-corrected chi connectivity index (χ1v) is 14.4. The molecule has 5 unspecified atom stereocenters. The molecule has 1 saturated carbocycles. The molecule has 1 N–H and O–H groups in total. The maximum atomic E-state index is 13.8. The third-order valence-corrected chi connectivity index (χ3v) is 8.69. The summed E-state index contributed by atoms with van der Waals surface area (Å²) >= 11 is 0. The number of ether oxygens (including phenoxy) is 1. The lowest BCUT2D eigenvalue weighted by Gasteiger charge is -2.39. The van der Waals surface area contributed by atoms with Crippen LogP contribution in [0.25, 0.3) is 0 Å². The highest BCUT2D eigenvalue weighted by Gasteiger charge is 2.56. The lowest BCUT2D eigenvalue weighted by Crippen LogP contribution is -2.59. The van der Waals surface area contributed by atoms with E-state index in [1.807, 2.05) is 28.9 Å². The molecule has 4 fully saturated rings. The number of piperazine rings is 1. The third kappa shape index (κ3) is 5.62. The number of benzene rings is 1. The van der Waals surface area contributed by atoms with Gasteiger partial charge in [-0.05, 0) is 70.6 Å². The Hall–Kier alpha value is -3.65. The smallest absolute Gasteiger partial charge is 0.408 e. The highest BCUT2D eigenvalue weighted by Crippen LogP contribution is 2.48. The Labute approximate surface area is 241 Å². The molecule has 0 aromatic heterocycles. The molecule has 0 radical (unpaired) electrons. The van der Waals surface area contributed by atoms with Crippen LogP contribution in [0.4, 0.5) is 4.79 Å². The predicted octanol–water partition coefficient (Wildman–Crippen LogP) is 2.14. The number of hydrogen-bond acceptors (Lipinski definition) is 7. The second kappa shape index (κ2) is 10.6. The van der Waals surface area contributed by atoms with Crippen LogP contribution in [0.15, 0.2) is 24.3 Å². The van der Waals surface area contributed by atoms with Gasteiger partial charge in [-0.1, -0.05) is 12.1 Å². The first-order chi connectivity index (χ1) is 19.3. The van der Waals surface area contributed by atoms with Crippen LogP contribution in [0, 0.1) is 17.2 Å². The fraction of sp³-hybridized carbons (Fsp3) is 0.633. The van der Waals surface area contributed by atoms with Gasteiger partial charge in [-0.15, -0.1) is 0 Å². The molecule has 5 rings (SSSR count). The van der Waals surface area contributed by atoms with E-state index in [9.17, 15) is 24.4 Å². The molecule has 1 aromatic rings. The number of amides is 4. The third-order valence-electron chi connectivity index (χ3n) is 8.69. The molecule has 4 aliphatic rings. The van der Waals surface area contributed by atoms with Gasteiger partial charge in [0, 0.05) is 44.8 Å². The van der Waals surface area contributed by atoms with Crippen LogP contribution in [-0.4, -0.2) is 106 Å². The van der Waals surface area contributed by atoms with E-state index in [1.165, 1.54) is 4.90 Å². The number of piperidine rings is 1. The minimum Gasteiger partial charge on any atom is -0.444 e. The number of alkyl carbamates (subject to hydrolysis) is 1. The van der Waals surface area contributed by atoms with Crippen molar-refractivity contribution in [2.45, 2.75) is 88.8 Å². The average Bonchev–Trinajstić information content (AvgIpc) is 3.23. The van der Waals surface area contributed by atoms with Crippen LogP contribution in [0.2, 0.25) is 0 Å². The maximum absolute atomic E-state index is 13.8. The van der Waals surface area contributed by atoms with Gasteiger partial charge in [0.15, 0.2) is 0 Å². The lowest BCUT2D eigenvalue weighted by molar-refractivity contribution is -0.141. The van der Waals surface area contributed by atoms with Crippen molar-refractivity contribution in [3.63, 3.8) is 0 Å². The summed E-state index contributed by atoms with van der Waals surface area (Å²) in [6.07, 6.45) is 1.49. The Morgan fingerprint density at radius 1 is 1.15 bits per heavy atom. The van der Waals surface area contributed by atoms with Gasteiger partial charge in [0.05, 0.1) is 18.2 Å². The number of nitriles is 1. The molecule has 41 heavy (non-hydrogen) atoms. The molecule has 3 saturated heterocycles. The number of carbonyl (C=O) groups is 4. The van der Waals surface area contributed by atoms with Crippen LogP contribution >= 0.6 is 0 Å². The number of carbonyl (C=O) groups excluding carboxylic acids is 4. The minimum absolute atomic E-state index is 0.0102. The Kier molecular flexibility index (Phi) is 7.49. The summed E-state index contributed by atoms with van der Waals surface area (Å²) in [5, 5.41) is 12.4. The summed E-state index contributed by atoms with van der Waals surface area (Å²) in [6, 6.07) is 7.62. The molecule has 220 valence electrons. The Bertz CT molecular complexity index is 1270. The quantitative estimate of drug-likeness (QED) is 0.538. The van der Waals surface area contributed by atoms with E-state index in [2.05, 4.69) is 11.4 Å². The normalized spacial score (nSPS) is 28.1. The van der Waals surface area contributed by atoms with Crippen LogP contribution < -0.4 is 5.32 Å². The van der Waals surface area contributed by atoms with Gasteiger partial charge in [-0.3, -0.25) is 19.3 Å². The van der Waals surface area contributed by atoms with Crippen molar-refractivity contribution >= 4 is 23.8 Å². The fourth-order valence-electron chi connectivity index (χ4n) is 6.66. The predicted molar refractivity (Wildman–Crippen MR) is 149 cm³/mol. The van der Waals surface area contributed by atoms with Crippen molar-refractivity contribution in [3.8, 4) is 6.07 Å². The summed E-state index contributed by atoms with van der Waals surface area (Å²) in [4.78, 5) is 59.4. The molecule has 1 aromatic carbocycles. The molecule has 1 aliphatic carbocycles. The van der Waals surface area contributed by atoms with Gasteiger partial charge in [0.1, 0.15) is 17.7 Å². The van der Waals surface area contributed by atoms with Crippen molar-refractivity contribution in [2.75, 3.05) is 27.2 Å². The first-order valence-electron chi connectivity index (χ1n) is 14.4. The largest absolute Gasteiger partial charge is 0.444 e. The second-order valence-electron chi connectivity index (χ2n) is 13.0. The molecule has 11 nitrogen and oxygen atoms in total. The number of rotatable bonds is 7. The molecular formula is C30H40N6O5. The standard InChI is InChI=1S/C30H40N6O5/c1-17(18-7-9-19(10-8-18)26(37)33(5)6)35-22-13-25(28(35)39)34(15-22)16-23(32-29(40)41-30(2,3)4)27(38)36-21(14-31)11-20-12-24(20)36/h7-10,17,20-25H,11-13,15-16H2,1-6H3,(H,32,40)/t17-,20?,21?,22-,23?,24?,25?/m0/s1. The van der Waals surface area contributed by atoms with Gasteiger partial charge < -0.3 is 24.8 Å². The monoisotopic (exact) mass is 564 g/mol. The summed E-state index contributed by atoms with van der Waals surface area (Å²) in [7, 11) is 3.42. The zero-order chi connectivity index (χ0) is 29.8. The van der Waals surface area contributed by atoms with E-state index in [0.29, 0.717) is 30.9 Å². The van der Waals surface area contributed by atoms with Crippen molar-refractivity contribution in [1.29, 1.82) is 5.26 Å². The van der Waals surface area contributed by atoms with Crippen molar-refractivity contribution in [1.82, 2.24) is 24.9 Å². The van der Waals surface area contributed by atoms with Gasteiger partial charge >= 0.3 is 6.09 Å². The molecular weight excluding hydrogens is 524 g/mol. The molecule has 7 atom stereocenters. The molecule has 11 heteroatoms. The van der Waals surface area contributed by atoms with Gasteiger partial charge in [0.25, 0.3) is 5.91 Å². The summed E-state index contributed by atoms with van der Waals surface area (Å²) in [5.74, 6) is -0.0306. The number of nitrogens with zero attached hydrogens (tertiary/aromatic N) is 5. The highest BCUT2D eigenvalue weighted by molar-refractivity contribution is 5.94. The zero-order valence-electron chi connectivity index (χ0n) is 24.7. The average molecular weight is 565 g/mol. The van der Waals surface area contributed by atoms with Gasteiger partial charge in [-0.25, -0.2) is 4.79 Å². The van der Waals surface area contributed by atoms with Crippen molar-refractivity contribution in [2.24, 2.45) is 5.92 Å². The van der Waals surface area contributed by atoms with Gasteiger partial charge in [0.2, 0.25) is 11.8 Å². The molecule has 2 bridgehead atoms. The minimum atomic E-state index is -0.931. The summed E-state index contributed by atoms with van der Waals surface area (Å²) in [6.45, 7) is 8.00. The Balaban J connectivity index is 1.28. The topological polar surface area (TPSA) is 126 Å². The number of fused-ring (bicyclic) bond motifs is 3. The van der Waals surface area contributed by atoms with E-state index < -0.39 is 29.8 Å². The number of nitrogens with one attached hydrogen (secondary N) is 1. The van der Waals surface area contributed by atoms with Crippen LogP contribution in [0.5, 0.6) is 0 Å². The Morgan fingerprint density at radius 3 is 2.41 bits per heavy atom.